The smallest absolute Gasteiger partial charge is 0.261 e. The maximum atomic E-state index is 12.2. The number of amides is 2. The summed E-state index contributed by atoms with van der Waals surface area (Å²) in [5.74, 6) is 0.0334. The largest absolute Gasteiger partial charge is 0.348 e. The molecule has 2 amide bonds. The Balaban J connectivity index is 1.80. The second-order valence-electron chi connectivity index (χ2n) is 5.88. The Bertz CT molecular complexity index is 521. The fourth-order valence-corrected chi connectivity index (χ4v) is 3.50. The van der Waals surface area contributed by atoms with Crippen molar-refractivity contribution in [1.82, 2.24) is 10.2 Å². The number of aryl methyl sites for hydroxylation is 1. The van der Waals surface area contributed by atoms with E-state index in [0.29, 0.717) is 13.1 Å². The molecule has 1 fully saturated rings. The number of hydrogen-bond donors (Lipinski definition) is 2. The number of nitrogens with one attached hydrogen (secondary N) is 1. The molecule has 1 aliphatic rings. The number of rotatable bonds is 5. The van der Waals surface area contributed by atoms with Crippen LogP contribution in [0.1, 0.15) is 47.2 Å². The molecule has 2 rings (SSSR count). The van der Waals surface area contributed by atoms with Crippen LogP contribution in [0.4, 0.5) is 0 Å². The molecule has 5 nitrogen and oxygen atoms in total. The Morgan fingerprint density at radius 2 is 2.09 bits per heavy atom. The van der Waals surface area contributed by atoms with E-state index in [1.165, 1.54) is 11.3 Å². The Morgan fingerprint density at radius 3 is 2.64 bits per heavy atom. The summed E-state index contributed by atoms with van der Waals surface area (Å²) < 4.78 is 0. The molecule has 6 heteroatoms. The monoisotopic (exact) mass is 323 g/mol. The van der Waals surface area contributed by atoms with Crippen molar-refractivity contribution in [2.75, 3.05) is 13.1 Å². The molecule has 0 bridgehead atoms. The highest BCUT2D eigenvalue weighted by Crippen LogP contribution is 2.17. The summed E-state index contributed by atoms with van der Waals surface area (Å²) >= 11 is 1.51. The molecule has 1 atom stereocenters. The lowest BCUT2D eigenvalue weighted by atomic mass is 10.0. The lowest BCUT2D eigenvalue weighted by Crippen LogP contribution is -2.50. The minimum atomic E-state index is -0.384. The molecule has 1 unspecified atom stereocenters. The Morgan fingerprint density at radius 1 is 1.41 bits per heavy atom. The van der Waals surface area contributed by atoms with E-state index in [4.69, 9.17) is 5.73 Å². The van der Waals surface area contributed by atoms with E-state index in [0.717, 1.165) is 35.4 Å². The summed E-state index contributed by atoms with van der Waals surface area (Å²) in [6.07, 6.45) is 3.23. The summed E-state index contributed by atoms with van der Waals surface area (Å²) in [5.41, 5.74) is 5.89. The van der Waals surface area contributed by atoms with Crippen molar-refractivity contribution in [3.8, 4) is 0 Å². The quantitative estimate of drug-likeness (QED) is 0.869. The van der Waals surface area contributed by atoms with Gasteiger partial charge in [-0.2, -0.15) is 0 Å². The van der Waals surface area contributed by atoms with E-state index < -0.39 is 0 Å². The first-order chi connectivity index (χ1) is 10.5. The predicted octanol–water partition coefficient (Wildman–Crippen LogP) is 1.90. The van der Waals surface area contributed by atoms with E-state index in [1.54, 1.807) is 0 Å². The van der Waals surface area contributed by atoms with Gasteiger partial charge >= 0.3 is 0 Å². The molecule has 22 heavy (non-hydrogen) atoms. The number of carbonyl (C=O) groups is 2. The van der Waals surface area contributed by atoms with Crippen LogP contribution in [0.3, 0.4) is 0 Å². The molecule has 1 aliphatic heterocycles. The van der Waals surface area contributed by atoms with E-state index in [-0.39, 0.29) is 23.9 Å². The molecule has 1 saturated heterocycles. The zero-order valence-corrected chi connectivity index (χ0v) is 14.1. The van der Waals surface area contributed by atoms with Crippen LogP contribution in [0.5, 0.6) is 0 Å². The minimum absolute atomic E-state index is 0.00874. The lowest BCUT2D eigenvalue weighted by Gasteiger charge is -2.33. The van der Waals surface area contributed by atoms with E-state index in [2.05, 4.69) is 5.32 Å². The Labute approximate surface area is 135 Å². The average Bonchev–Trinajstić information content (AvgIpc) is 2.94. The van der Waals surface area contributed by atoms with Gasteiger partial charge in [-0.15, -0.1) is 11.3 Å². The van der Waals surface area contributed by atoms with Gasteiger partial charge in [-0.25, -0.2) is 0 Å². The number of hydrogen-bond acceptors (Lipinski definition) is 4. The molecule has 122 valence electrons. The molecule has 0 aromatic carbocycles. The molecule has 1 aromatic heterocycles. The van der Waals surface area contributed by atoms with Crippen molar-refractivity contribution in [3.63, 3.8) is 0 Å². The van der Waals surface area contributed by atoms with Crippen LogP contribution in [-0.4, -0.2) is 41.9 Å². The topological polar surface area (TPSA) is 75.4 Å². The van der Waals surface area contributed by atoms with Crippen LogP contribution in [0.25, 0.3) is 0 Å². The molecule has 1 aromatic rings. The number of thiophene rings is 1. The maximum absolute atomic E-state index is 12.2. The maximum Gasteiger partial charge on any atom is 0.261 e. The lowest BCUT2D eigenvalue weighted by molar-refractivity contribution is -0.133. The predicted molar refractivity (Wildman–Crippen MR) is 89.0 cm³/mol. The highest BCUT2D eigenvalue weighted by atomic mass is 32.1. The molecule has 0 saturated carbocycles. The SMILES string of the molecule is CCCC(N)C(=O)N1CCC(NC(=O)c2ccc(C)s2)CC1. The highest BCUT2D eigenvalue weighted by molar-refractivity contribution is 7.13. The third-order valence-corrected chi connectivity index (χ3v) is 5.02. The summed E-state index contributed by atoms with van der Waals surface area (Å²) in [6.45, 7) is 5.36. The molecular formula is C16H25N3O2S. The summed E-state index contributed by atoms with van der Waals surface area (Å²) in [4.78, 5) is 28.0. The summed E-state index contributed by atoms with van der Waals surface area (Å²) in [5, 5.41) is 3.06. The Kier molecular flexibility index (Phi) is 5.97. The first kappa shape index (κ1) is 17.0. The van der Waals surface area contributed by atoms with Crippen LogP contribution >= 0.6 is 11.3 Å². The van der Waals surface area contributed by atoms with Gasteiger partial charge in [0.05, 0.1) is 10.9 Å². The van der Waals surface area contributed by atoms with Crippen molar-refractivity contribution in [2.24, 2.45) is 5.73 Å². The molecule has 3 N–H and O–H groups in total. The standard InChI is InChI=1S/C16H25N3O2S/c1-3-4-13(17)16(21)19-9-7-12(8-10-19)18-15(20)14-6-5-11(2)22-14/h5-6,12-13H,3-4,7-10,17H2,1-2H3,(H,18,20). The van der Waals surface area contributed by atoms with Crippen LogP contribution in [-0.2, 0) is 4.79 Å². The van der Waals surface area contributed by atoms with Crippen LogP contribution in [0.15, 0.2) is 12.1 Å². The molecular weight excluding hydrogens is 298 g/mol. The van der Waals surface area contributed by atoms with Gasteiger partial charge in [0.25, 0.3) is 5.91 Å². The van der Waals surface area contributed by atoms with E-state index in [9.17, 15) is 9.59 Å². The van der Waals surface area contributed by atoms with Gasteiger partial charge in [-0.05, 0) is 38.3 Å². The summed E-state index contributed by atoms with van der Waals surface area (Å²) in [7, 11) is 0. The van der Waals surface area contributed by atoms with Gasteiger partial charge in [0.15, 0.2) is 0 Å². The summed E-state index contributed by atoms with van der Waals surface area (Å²) in [6, 6.07) is 3.57. The molecule has 0 spiro atoms. The zero-order valence-electron chi connectivity index (χ0n) is 13.3. The number of nitrogens with zero attached hydrogens (tertiary/aromatic N) is 1. The average molecular weight is 323 g/mol. The third-order valence-electron chi connectivity index (χ3n) is 4.02. The minimum Gasteiger partial charge on any atom is -0.348 e. The second-order valence-corrected chi connectivity index (χ2v) is 7.17. The third kappa shape index (κ3) is 4.30. The zero-order chi connectivity index (χ0) is 16.1. The fraction of sp³-hybridized carbons (Fsp3) is 0.625. The van der Waals surface area contributed by atoms with Crippen LogP contribution < -0.4 is 11.1 Å². The molecule has 2 heterocycles. The van der Waals surface area contributed by atoms with Crippen molar-refractivity contribution < 1.29 is 9.59 Å². The first-order valence-corrected chi connectivity index (χ1v) is 8.74. The number of carbonyl (C=O) groups excluding carboxylic acids is 2. The number of piperidine rings is 1. The van der Waals surface area contributed by atoms with Gasteiger partial charge in [0, 0.05) is 24.0 Å². The second kappa shape index (κ2) is 7.74. The number of likely N-dealkylation sites (tertiary alicyclic amines) is 1. The van der Waals surface area contributed by atoms with Crippen molar-refractivity contribution in [1.29, 1.82) is 0 Å². The first-order valence-electron chi connectivity index (χ1n) is 7.93. The van der Waals surface area contributed by atoms with Crippen LogP contribution in [0, 0.1) is 6.92 Å². The van der Waals surface area contributed by atoms with E-state index in [1.807, 2.05) is 30.9 Å². The Hall–Kier alpha value is -1.40. The fourth-order valence-electron chi connectivity index (χ4n) is 2.73. The highest BCUT2D eigenvalue weighted by Gasteiger charge is 2.26. The molecule has 0 radical (unpaired) electrons. The van der Waals surface area contributed by atoms with Gasteiger partial charge < -0.3 is 16.0 Å². The van der Waals surface area contributed by atoms with Crippen LogP contribution in [0.2, 0.25) is 0 Å². The van der Waals surface area contributed by atoms with Gasteiger partial charge in [0.2, 0.25) is 5.91 Å². The van der Waals surface area contributed by atoms with Crippen molar-refractivity contribution >= 4 is 23.2 Å². The van der Waals surface area contributed by atoms with Gasteiger partial charge in [-0.1, -0.05) is 13.3 Å². The number of nitrogens with two attached hydrogens (primary N) is 1. The van der Waals surface area contributed by atoms with E-state index >= 15 is 0 Å². The van der Waals surface area contributed by atoms with Gasteiger partial charge in [0.1, 0.15) is 0 Å². The molecule has 0 aliphatic carbocycles. The normalized spacial score (nSPS) is 17.3. The van der Waals surface area contributed by atoms with Gasteiger partial charge in [-0.3, -0.25) is 9.59 Å². The van der Waals surface area contributed by atoms with Crippen molar-refractivity contribution in [2.45, 2.75) is 51.6 Å². The van der Waals surface area contributed by atoms with Crippen molar-refractivity contribution in [3.05, 3.63) is 21.9 Å².